The average Bonchev–Trinajstić information content (AvgIpc) is 2.13. The molecule has 1 aliphatic carbocycles. The van der Waals surface area contributed by atoms with Crippen LogP contribution in [0.5, 0.6) is 0 Å². The molecule has 1 aliphatic rings. The second kappa shape index (κ2) is 5.69. The highest BCUT2D eigenvalue weighted by molar-refractivity contribution is 4.83. The van der Waals surface area contributed by atoms with Gasteiger partial charge in [0, 0.05) is 6.61 Å². The van der Waals surface area contributed by atoms with Gasteiger partial charge in [0.25, 0.3) is 0 Å². The van der Waals surface area contributed by atoms with E-state index < -0.39 is 0 Å². The number of aliphatic hydroxyl groups is 1. The lowest BCUT2D eigenvalue weighted by Crippen LogP contribution is -2.36. The summed E-state index contributed by atoms with van der Waals surface area (Å²) in [6, 6.07) is 0. The Morgan fingerprint density at radius 2 is 2.14 bits per heavy atom. The van der Waals surface area contributed by atoms with Crippen LogP contribution in [-0.2, 0) is 4.74 Å². The fourth-order valence-corrected chi connectivity index (χ4v) is 1.97. The second-order valence-electron chi connectivity index (χ2n) is 4.43. The summed E-state index contributed by atoms with van der Waals surface area (Å²) in [4.78, 5) is 0. The lowest BCUT2D eigenvalue weighted by molar-refractivity contribution is -0.0423. The Kier molecular flexibility index (Phi) is 4.85. The molecule has 3 N–H and O–H groups in total. The van der Waals surface area contributed by atoms with E-state index in [0.29, 0.717) is 18.6 Å². The first-order valence-electron chi connectivity index (χ1n) is 5.67. The van der Waals surface area contributed by atoms with Crippen molar-refractivity contribution in [2.24, 2.45) is 17.6 Å². The molecule has 0 spiro atoms. The number of rotatable bonds is 6. The molecule has 3 heteroatoms. The van der Waals surface area contributed by atoms with Crippen LogP contribution in [0.4, 0.5) is 0 Å². The molecule has 0 saturated heterocycles. The Labute approximate surface area is 86.6 Å². The van der Waals surface area contributed by atoms with Gasteiger partial charge in [-0.2, -0.15) is 0 Å². The minimum absolute atomic E-state index is 0.223. The molecule has 2 unspecified atom stereocenters. The maximum atomic E-state index is 9.75. The number of aliphatic hydroxyl groups excluding tert-OH is 1. The van der Waals surface area contributed by atoms with Crippen LogP contribution in [0.15, 0.2) is 0 Å². The number of nitrogens with two attached hydrogens (primary N) is 1. The number of hydrogen-bond donors (Lipinski definition) is 2. The molecule has 0 aliphatic heterocycles. The van der Waals surface area contributed by atoms with E-state index >= 15 is 0 Å². The van der Waals surface area contributed by atoms with Crippen molar-refractivity contribution < 1.29 is 9.84 Å². The highest BCUT2D eigenvalue weighted by atomic mass is 16.5. The summed E-state index contributed by atoms with van der Waals surface area (Å²) < 4.78 is 5.47. The van der Waals surface area contributed by atoms with Crippen LogP contribution in [0.2, 0.25) is 0 Å². The van der Waals surface area contributed by atoms with Crippen LogP contribution in [0, 0.1) is 11.8 Å². The van der Waals surface area contributed by atoms with Crippen LogP contribution < -0.4 is 5.73 Å². The fraction of sp³-hybridized carbons (Fsp3) is 1.00. The van der Waals surface area contributed by atoms with E-state index in [1.807, 2.05) is 13.8 Å². The summed E-state index contributed by atoms with van der Waals surface area (Å²) >= 11 is 0. The zero-order chi connectivity index (χ0) is 10.6. The van der Waals surface area contributed by atoms with Gasteiger partial charge in [0.2, 0.25) is 0 Å². The van der Waals surface area contributed by atoms with Crippen molar-refractivity contribution >= 4 is 0 Å². The van der Waals surface area contributed by atoms with Crippen molar-refractivity contribution in [3.8, 4) is 0 Å². The summed E-state index contributed by atoms with van der Waals surface area (Å²) in [6.45, 7) is 5.41. The van der Waals surface area contributed by atoms with Crippen molar-refractivity contribution in [1.82, 2.24) is 0 Å². The van der Waals surface area contributed by atoms with Gasteiger partial charge in [-0.05, 0) is 44.6 Å². The van der Waals surface area contributed by atoms with Crippen LogP contribution in [0.3, 0.4) is 0 Å². The third-order valence-corrected chi connectivity index (χ3v) is 3.20. The summed E-state index contributed by atoms with van der Waals surface area (Å²) in [7, 11) is 0. The zero-order valence-electron chi connectivity index (χ0n) is 9.28. The lowest BCUT2D eigenvalue weighted by atomic mass is 9.77. The standard InChI is InChI=1S/C11H23NO2/c1-3-14-10-4-9(5-10)6-11(13)8(2)7-12/h8-11,13H,3-7,12H2,1-2H3. The first-order chi connectivity index (χ1) is 6.67. The molecule has 0 bridgehead atoms. The molecule has 0 heterocycles. The van der Waals surface area contributed by atoms with E-state index in [9.17, 15) is 5.11 Å². The maximum absolute atomic E-state index is 9.75. The quantitative estimate of drug-likeness (QED) is 0.677. The molecule has 0 amide bonds. The SMILES string of the molecule is CCOC1CC(CC(O)C(C)CN)C1. The third kappa shape index (κ3) is 3.23. The maximum Gasteiger partial charge on any atom is 0.0580 e. The van der Waals surface area contributed by atoms with E-state index in [1.54, 1.807) is 0 Å². The summed E-state index contributed by atoms with van der Waals surface area (Å²) in [5.74, 6) is 0.872. The fourth-order valence-electron chi connectivity index (χ4n) is 1.97. The molecular formula is C11H23NO2. The average molecular weight is 201 g/mol. The van der Waals surface area contributed by atoms with Gasteiger partial charge in [0.1, 0.15) is 0 Å². The van der Waals surface area contributed by atoms with Gasteiger partial charge in [-0.25, -0.2) is 0 Å². The number of hydrogen-bond acceptors (Lipinski definition) is 3. The van der Waals surface area contributed by atoms with Crippen molar-refractivity contribution in [1.29, 1.82) is 0 Å². The lowest BCUT2D eigenvalue weighted by Gasteiger charge is -2.36. The molecule has 84 valence electrons. The predicted octanol–water partition coefficient (Wildman–Crippen LogP) is 1.15. The van der Waals surface area contributed by atoms with E-state index in [0.717, 1.165) is 25.9 Å². The van der Waals surface area contributed by atoms with Crippen molar-refractivity contribution in [2.45, 2.75) is 45.3 Å². The number of ether oxygens (including phenoxy) is 1. The first kappa shape index (κ1) is 12.0. The smallest absolute Gasteiger partial charge is 0.0580 e. The normalized spacial score (nSPS) is 30.9. The monoisotopic (exact) mass is 201 g/mol. The van der Waals surface area contributed by atoms with Crippen LogP contribution >= 0.6 is 0 Å². The van der Waals surface area contributed by atoms with Crippen molar-refractivity contribution in [3.63, 3.8) is 0 Å². The van der Waals surface area contributed by atoms with Gasteiger partial charge in [-0.1, -0.05) is 6.92 Å². The molecule has 3 nitrogen and oxygen atoms in total. The molecule has 1 rings (SSSR count). The predicted molar refractivity (Wildman–Crippen MR) is 57.0 cm³/mol. The van der Waals surface area contributed by atoms with E-state index in [2.05, 4.69) is 0 Å². The molecule has 0 radical (unpaired) electrons. The highest BCUT2D eigenvalue weighted by Crippen LogP contribution is 2.34. The van der Waals surface area contributed by atoms with Crippen LogP contribution in [0.1, 0.15) is 33.1 Å². The van der Waals surface area contributed by atoms with Crippen LogP contribution in [0.25, 0.3) is 0 Å². The van der Waals surface area contributed by atoms with Crippen molar-refractivity contribution in [3.05, 3.63) is 0 Å². The molecule has 0 aromatic rings. The van der Waals surface area contributed by atoms with Crippen molar-refractivity contribution in [2.75, 3.05) is 13.2 Å². The first-order valence-corrected chi connectivity index (χ1v) is 5.67. The van der Waals surface area contributed by atoms with Crippen LogP contribution in [-0.4, -0.2) is 30.5 Å². The van der Waals surface area contributed by atoms with Gasteiger partial charge >= 0.3 is 0 Å². The van der Waals surface area contributed by atoms with Gasteiger partial charge in [0.15, 0.2) is 0 Å². The summed E-state index contributed by atoms with van der Waals surface area (Å²) in [5.41, 5.74) is 5.50. The second-order valence-corrected chi connectivity index (χ2v) is 4.43. The largest absolute Gasteiger partial charge is 0.393 e. The molecule has 0 aromatic carbocycles. The molecule has 1 saturated carbocycles. The summed E-state index contributed by atoms with van der Waals surface area (Å²) in [5, 5.41) is 9.75. The summed E-state index contributed by atoms with van der Waals surface area (Å²) in [6.07, 6.45) is 3.34. The Hall–Kier alpha value is -0.120. The van der Waals surface area contributed by atoms with Gasteiger partial charge in [-0.3, -0.25) is 0 Å². The molecule has 1 fully saturated rings. The Morgan fingerprint density at radius 3 is 2.64 bits per heavy atom. The topological polar surface area (TPSA) is 55.5 Å². The van der Waals surface area contributed by atoms with E-state index in [-0.39, 0.29) is 12.0 Å². The zero-order valence-corrected chi connectivity index (χ0v) is 9.28. The molecule has 14 heavy (non-hydrogen) atoms. The van der Waals surface area contributed by atoms with Gasteiger partial charge in [-0.15, -0.1) is 0 Å². The Balaban J connectivity index is 2.10. The van der Waals surface area contributed by atoms with Gasteiger partial charge in [0.05, 0.1) is 12.2 Å². The minimum Gasteiger partial charge on any atom is -0.393 e. The Morgan fingerprint density at radius 1 is 1.50 bits per heavy atom. The third-order valence-electron chi connectivity index (χ3n) is 3.20. The van der Waals surface area contributed by atoms with E-state index in [4.69, 9.17) is 10.5 Å². The molecular weight excluding hydrogens is 178 g/mol. The minimum atomic E-state index is -0.229. The molecule has 2 atom stereocenters. The van der Waals surface area contributed by atoms with Gasteiger partial charge < -0.3 is 15.6 Å². The Bertz CT molecular complexity index is 157. The van der Waals surface area contributed by atoms with E-state index in [1.165, 1.54) is 0 Å². The highest BCUT2D eigenvalue weighted by Gasteiger charge is 2.31. The molecule has 0 aromatic heterocycles.